The van der Waals surface area contributed by atoms with Crippen molar-refractivity contribution in [1.29, 1.82) is 0 Å². The van der Waals surface area contributed by atoms with Crippen LogP contribution in [-0.4, -0.2) is 38.4 Å². The molecule has 1 saturated carbocycles. The maximum atomic E-state index is 13.2. The Morgan fingerprint density at radius 3 is 2.66 bits per heavy atom. The second-order valence-electron chi connectivity index (χ2n) is 7.73. The number of sulfonamides is 1. The monoisotopic (exact) mass is 433 g/mol. The van der Waals surface area contributed by atoms with Crippen LogP contribution in [0, 0.1) is 0 Å². The number of nitrogens with zero attached hydrogens (tertiary/aromatic N) is 2. The van der Waals surface area contributed by atoms with E-state index in [1.54, 1.807) is 17.0 Å². The highest BCUT2D eigenvalue weighted by atomic mass is 35.5. The van der Waals surface area contributed by atoms with Crippen LogP contribution in [0.2, 0.25) is 5.02 Å². The van der Waals surface area contributed by atoms with E-state index >= 15 is 0 Å². The van der Waals surface area contributed by atoms with E-state index in [1.165, 1.54) is 6.07 Å². The zero-order valence-electron chi connectivity index (χ0n) is 16.2. The average Bonchev–Trinajstić information content (AvgIpc) is 3.43. The highest BCUT2D eigenvalue weighted by Crippen LogP contribution is 2.37. The van der Waals surface area contributed by atoms with Gasteiger partial charge in [-0.1, -0.05) is 29.8 Å². The normalized spacial score (nSPS) is 17.4. The van der Waals surface area contributed by atoms with E-state index in [1.807, 2.05) is 24.3 Å². The Morgan fingerprint density at radius 2 is 2.00 bits per heavy atom. The van der Waals surface area contributed by atoms with Crippen LogP contribution in [0.4, 0.5) is 5.69 Å². The minimum absolute atomic E-state index is 0.0120. The zero-order chi connectivity index (χ0) is 20.8. The Kier molecular flexibility index (Phi) is 5.42. The van der Waals surface area contributed by atoms with Crippen LogP contribution in [0.25, 0.3) is 0 Å². The van der Waals surface area contributed by atoms with Crippen molar-refractivity contribution in [2.75, 3.05) is 18.0 Å². The third kappa shape index (κ3) is 4.19. The van der Waals surface area contributed by atoms with E-state index < -0.39 is 10.0 Å². The number of benzene rings is 2. The lowest BCUT2D eigenvalue weighted by Crippen LogP contribution is -2.41. The van der Waals surface area contributed by atoms with Crippen molar-refractivity contribution in [2.24, 2.45) is 5.14 Å². The highest BCUT2D eigenvalue weighted by Gasteiger charge is 2.36. The Hall–Kier alpha value is -1.93. The summed E-state index contributed by atoms with van der Waals surface area (Å²) in [5, 5.41) is 5.93. The van der Waals surface area contributed by atoms with Crippen molar-refractivity contribution in [1.82, 2.24) is 4.90 Å². The molecule has 8 heteroatoms. The second-order valence-corrected chi connectivity index (χ2v) is 9.70. The van der Waals surface area contributed by atoms with Crippen molar-refractivity contribution in [3.63, 3.8) is 0 Å². The van der Waals surface area contributed by atoms with Gasteiger partial charge in [0.05, 0.1) is 11.4 Å². The lowest BCUT2D eigenvalue weighted by Gasteiger charge is -2.31. The number of carbonyl (C=O) groups is 1. The van der Waals surface area contributed by atoms with Gasteiger partial charge < -0.3 is 4.90 Å². The summed E-state index contributed by atoms with van der Waals surface area (Å²) >= 11 is 6.39. The van der Waals surface area contributed by atoms with Crippen molar-refractivity contribution in [2.45, 2.75) is 43.2 Å². The van der Waals surface area contributed by atoms with Crippen LogP contribution in [-0.2, 0) is 21.2 Å². The van der Waals surface area contributed by atoms with Gasteiger partial charge in [0.25, 0.3) is 0 Å². The highest BCUT2D eigenvalue weighted by molar-refractivity contribution is 7.89. The van der Waals surface area contributed by atoms with Gasteiger partial charge in [-0.05, 0) is 61.6 Å². The Morgan fingerprint density at radius 1 is 1.28 bits per heavy atom. The number of halogens is 1. The molecule has 0 aromatic heterocycles. The summed E-state index contributed by atoms with van der Waals surface area (Å²) < 4.78 is 23.2. The van der Waals surface area contributed by atoms with E-state index in [-0.39, 0.29) is 16.8 Å². The van der Waals surface area contributed by atoms with Gasteiger partial charge in [0.2, 0.25) is 15.9 Å². The number of primary sulfonamides is 1. The summed E-state index contributed by atoms with van der Waals surface area (Å²) in [5.41, 5.74) is 2.62. The molecule has 1 fully saturated rings. The molecule has 1 amide bonds. The minimum Gasteiger partial charge on any atom is -0.311 e. The summed E-state index contributed by atoms with van der Waals surface area (Å²) in [6.45, 7) is 2.93. The summed E-state index contributed by atoms with van der Waals surface area (Å²) in [6, 6.07) is 12.9. The Bertz CT molecular complexity index is 1050. The number of hydrogen-bond acceptors (Lipinski definition) is 4. The molecule has 1 heterocycles. The quantitative estimate of drug-likeness (QED) is 0.758. The molecule has 0 unspecified atom stereocenters. The molecule has 154 valence electrons. The lowest BCUT2D eigenvalue weighted by molar-refractivity contribution is -0.120. The molecule has 0 spiro atoms. The fourth-order valence-electron chi connectivity index (χ4n) is 4.04. The number of anilines is 1. The zero-order valence-corrected chi connectivity index (χ0v) is 17.8. The van der Waals surface area contributed by atoms with Gasteiger partial charge in [-0.15, -0.1) is 0 Å². The van der Waals surface area contributed by atoms with E-state index in [0.29, 0.717) is 30.6 Å². The van der Waals surface area contributed by atoms with Gasteiger partial charge in [-0.25, -0.2) is 13.6 Å². The first kappa shape index (κ1) is 20.3. The largest absolute Gasteiger partial charge is 0.311 e. The van der Waals surface area contributed by atoms with Gasteiger partial charge in [0.15, 0.2) is 0 Å². The third-order valence-electron chi connectivity index (χ3n) is 5.76. The molecule has 2 aliphatic rings. The molecular formula is C21H24ClN3O3S. The number of rotatable bonds is 6. The second kappa shape index (κ2) is 7.72. The Labute approximate surface area is 176 Å². The molecule has 4 rings (SSSR count). The van der Waals surface area contributed by atoms with Crippen molar-refractivity contribution in [3.05, 3.63) is 58.6 Å². The smallest absolute Gasteiger partial charge is 0.241 e. The predicted molar refractivity (Wildman–Crippen MR) is 113 cm³/mol. The third-order valence-corrected chi connectivity index (χ3v) is 7.02. The summed E-state index contributed by atoms with van der Waals surface area (Å²) in [6.07, 6.45) is 2.78. The number of hydrogen-bond donors (Lipinski definition) is 1. The lowest BCUT2D eigenvalue weighted by atomic mass is 10.1. The first-order valence-electron chi connectivity index (χ1n) is 9.72. The number of carbonyl (C=O) groups excluding carboxylic acids is 1. The molecule has 6 nitrogen and oxygen atoms in total. The molecule has 2 aromatic rings. The number of nitrogens with two attached hydrogens (primary N) is 1. The SMILES string of the molecule is C[C@H](c1ccccc1Cl)N(CC(=O)N1CCc2cc(S(N)(=O)=O)ccc21)C1CC1. The molecular weight excluding hydrogens is 410 g/mol. The molecule has 0 saturated heterocycles. The van der Waals surface area contributed by atoms with Crippen molar-refractivity contribution in [3.8, 4) is 0 Å². The molecule has 2 aromatic carbocycles. The molecule has 2 N–H and O–H groups in total. The van der Waals surface area contributed by atoms with Gasteiger partial charge in [0.1, 0.15) is 0 Å². The predicted octanol–water partition coefficient (Wildman–Crippen LogP) is 3.10. The van der Waals surface area contributed by atoms with Crippen LogP contribution in [0.15, 0.2) is 47.4 Å². The summed E-state index contributed by atoms with van der Waals surface area (Å²) in [4.78, 5) is 17.2. The van der Waals surface area contributed by atoms with Gasteiger partial charge in [0, 0.05) is 29.3 Å². The maximum absolute atomic E-state index is 13.2. The standard InChI is InChI=1S/C21H24ClN3O3S/c1-14(18-4-2-3-5-19(18)22)25(16-6-7-16)13-21(26)24-11-10-15-12-17(29(23,27)28)8-9-20(15)24/h2-5,8-9,12,14,16H,6-7,10-11,13H2,1H3,(H2,23,27,28)/t14-/m1/s1. The first-order valence-corrected chi connectivity index (χ1v) is 11.6. The minimum atomic E-state index is -3.75. The fourth-order valence-corrected chi connectivity index (χ4v) is 4.89. The number of amides is 1. The molecule has 1 aliphatic heterocycles. The molecule has 0 radical (unpaired) electrons. The van der Waals surface area contributed by atoms with E-state index in [0.717, 1.165) is 29.7 Å². The van der Waals surface area contributed by atoms with Crippen LogP contribution in [0.5, 0.6) is 0 Å². The maximum Gasteiger partial charge on any atom is 0.241 e. The van der Waals surface area contributed by atoms with E-state index in [4.69, 9.17) is 16.7 Å². The van der Waals surface area contributed by atoms with Crippen LogP contribution >= 0.6 is 11.6 Å². The fraction of sp³-hybridized carbons (Fsp3) is 0.381. The van der Waals surface area contributed by atoms with Gasteiger partial charge in [-0.2, -0.15) is 0 Å². The van der Waals surface area contributed by atoms with E-state index in [2.05, 4.69) is 11.8 Å². The molecule has 29 heavy (non-hydrogen) atoms. The average molecular weight is 434 g/mol. The topological polar surface area (TPSA) is 83.7 Å². The number of fused-ring (bicyclic) bond motifs is 1. The summed E-state index contributed by atoms with van der Waals surface area (Å²) in [5.74, 6) is 0.0120. The van der Waals surface area contributed by atoms with Crippen molar-refractivity contribution >= 4 is 33.2 Å². The van der Waals surface area contributed by atoms with Crippen LogP contribution in [0.1, 0.15) is 36.9 Å². The van der Waals surface area contributed by atoms with Gasteiger partial charge >= 0.3 is 0 Å². The molecule has 1 atom stereocenters. The van der Waals surface area contributed by atoms with Gasteiger partial charge in [-0.3, -0.25) is 9.69 Å². The van der Waals surface area contributed by atoms with Crippen LogP contribution < -0.4 is 10.0 Å². The molecule has 1 aliphatic carbocycles. The van der Waals surface area contributed by atoms with Crippen molar-refractivity contribution < 1.29 is 13.2 Å². The van der Waals surface area contributed by atoms with Crippen LogP contribution in [0.3, 0.4) is 0 Å². The van der Waals surface area contributed by atoms with E-state index in [9.17, 15) is 13.2 Å². The first-order chi connectivity index (χ1) is 13.8. The Balaban J connectivity index is 1.54. The summed E-state index contributed by atoms with van der Waals surface area (Å²) in [7, 11) is -3.75. The molecule has 0 bridgehead atoms.